The molecule has 2 rings (SSSR count). The number of rotatable bonds is 5. The first-order chi connectivity index (χ1) is 10.8. The van der Waals surface area contributed by atoms with Gasteiger partial charge >= 0.3 is 6.03 Å². The number of nitrogens with zero attached hydrogens (tertiary/aromatic N) is 2. The fourth-order valence-corrected chi connectivity index (χ4v) is 3.46. The van der Waals surface area contributed by atoms with Gasteiger partial charge in [0.25, 0.3) is 0 Å². The van der Waals surface area contributed by atoms with Crippen LogP contribution in [-0.2, 0) is 16.6 Å². The minimum absolute atomic E-state index is 0.124. The van der Waals surface area contributed by atoms with Gasteiger partial charge in [-0.25, -0.2) is 22.5 Å². The number of aryl methyl sites for hydroxylation is 1. The molecule has 23 heavy (non-hydrogen) atoms. The van der Waals surface area contributed by atoms with Crippen LogP contribution in [0.1, 0.15) is 9.88 Å². The van der Waals surface area contributed by atoms with E-state index in [0.717, 1.165) is 14.2 Å². The van der Waals surface area contributed by atoms with Crippen LogP contribution < -0.4 is 10.6 Å². The minimum Gasteiger partial charge on any atom is -0.333 e. The van der Waals surface area contributed by atoms with E-state index in [1.807, 2.05) is 6.92 Å². The van der Waals surface area contributed by atoms with Crippen molar-refractivity contribution >= 4 is 33.1 Å². The van der Waals surface area contributed by atoms with Crippen LogP contribution in [0.5, 0.6) is 0 Å². The Morgan fingerprint density at radius 1 is 1.35 bits per heavy atom. The van der Waals surface area contributed by atoms with Gasteiger partial charge < -0.3 is 10.6 Å². The average molecular weight is 354 g/mol. The zero-order chi connectivity index (χ0) is 17.0. The maximum Gasteiger partial charge on any atom is 0.319 e. The Labute approximate surface area is 139 Å². The van der Waals surface area contributed by atoms with Gasteiger partial charge in [-0.05, 0) is 25.1 Å². The molecule has 9 heteroatoms. The molecule has 2 amide bonds. The van der Waals surface area contributed by atoms with E-state index < -0.39 is 16.1 Å². The summed E-state index contributed by atoms with van der Waals surface area (Å²) in [6.07, 6.45) is 1.71. The normalized spacial score (nSPS) is 11.5. The van der Waals surface area contributed by atoms with Crippen molar-refractivity contribution in [2.45, 2.75) is 18.4 Å². The molecule has 0 fully saturated rings. The van der Waals surface area contributed by atoms with E-state index in [1.54, 1.807) is 18.3 Å². The third-order valence-corrected chi connectivity index (χ3v) is 5.69. The van der Waals surface area contributed by atoms with Crippen molar-refractivity contribution in [3.05, 3.63) is 40.3 Å². The number of aromatic nitrogens is 1. The number of hydrogen-bond acceptors (Lipinski definition) is 5. The van der Waals surface area contributed by atoms with Crippen LogP contribution in [0.25, 0.3) is 0 Å². The standard InChI is InChI=1S/C14H18N4O3S2/c1-10-15-8-12(22-10)9-16-14(19)17-11-5-4-6-13(7-11)23(20,21)18(2)3/h4-8H,9H2,1-3H3,(H2,16,17,19). The summed E-state index contributed by atoms with van der Waals surface area (Å²) < 4.78 is 25.3. The largest absolute Gasteiger partial charge is 0.333 e. The van der Waals surface area contributed by atoms with Crippen LogP contribution in [0.15, 0.2) is 35.4 Å². The minimum atomic E-state index is -3.53. The average Bonchev–Trinajstić information content (AvgIpc) is 2.91. The van der Waals surface area contributed by atoms with Crippen LogP contribution in [0, 0.1) is 6.92 Å². The monoisotopic (exact) mass is 354 g/mol. The van der Waals surface area contributed by atoms with Crippen molar-refractivity contribution in [2.24, 2.45) is 0 Å². The predicted molar refractivity (Wildman–Crippen MR) is 90.0 cm³/mol. The Balaban J connectivity index is 2.01. The third-order valence-electron chi connectivity index (χ3n) is 2.96. The Kier molecular flexibility index (Phi) is 5.34. The van der Waals surface area contributed by atoms with Crippen molar-refractivity contribution in [1.82, 2.24) is 14.6 Å². The topological polar surface area (TPSA) is 91.4 Å². The van der Waals surface area contributed by atoms with Crippen molar-refractivity contribution in [1.29, 1.82) is 0 Å². The van der Waals surface area contributed by atoms with E-state index in [4.69, 9.17) is 0 Å². The number of hydrogen-bond donors (Lipinski definition) is 2. The highest BCUT2D eigenvalue weighted by molar-refractivity contribution is 7.89. The van der Waals surface area contributed by atoms with Gasteiger partial charge in [0.15, 0.2) is 0 Å². The van der Waals surface area contributed by atoms with Gasteiger partial charge in [0, 0.05) is 30.9 Å². The second kappa shape index (κ2) is 7.07. The van der Waals surface area contributed by atoms with Crippen molar-refractivity contribution in [2.75, 3.05) is 19.4 Å². The molecule has 2 aromatic rings. The number of amides is 2. The molecule has 0 aliphatic heterocycles. The maximum absolute atomic E-state index is 12.1. The first kappa shape index (κ1) is 17.4. The second-order valence-electron chi connectivity index (χ2n) is 4.97. The first-order valence-corrected chi connectivity index (χ1v) is 9.03. The zero-order valence-electron chi connectivity index (χ0n) is 13.0. The summed E-state index contributed by atoms with van der Waals surface area (Å²) in [5.74, 6) is 0. The number of thiazole rings is 1. The van der Waals surface area contributed by atoms with Crippen LogP contribution in [0.3, 0.4) is 0 Å². The van der Waals surface area contributed by atoms with Gasteiger partial charge in [0.1, 0.15) is 0 Å². The van der Waals surface area contributed by atoms with Gasteiger partial charge in [-0.3, -0.25) is 0 Å². The van der Waals surface area contributed by atoms with Gasteiger partial charge in [-0.1, -0.05) is 6.07 Å². The highest BCUT2D eigenvalue weighted by atomic mass is 32.2. The fraction of sp³-hybridized carbons (Fsp3) is 0.286. The van der Waals surface area contributed by atoms with E-state index in [9.17, 15) is 13.2 Å². The van der Waals surface area contributed by atoms with E-state index in [0.29, 0.717) is 12.2 Å². The Morgan fingerprint density at radius 2 is 2.09 bits per heavy atom. The second-order valence-corrected chi connectivity index (χ2v) is 8.44. The van der Waals surface area contributed by atoms with Crippen molar-refractivity contribution in [3.63, 3.8) is 0 Å². The number of carbonyl (C=O) groups excluding carboxylic acids is 1. The van der Waals surface area contributed by atoms with Gasteiger partial charge in [0.2, 0.25) is 10.0 Å². The molecule has 1 aromatic heterocycles. The van der Waals surface area contributed by atoms with E-state index in [2.05, 4.69) is 15.6 Å². The molecule has 124 valence electrons. The first-order valence-electron chi connectivity index (χ1n) is 6.78. The molecular weight excluding hydrogens is 336 g/mol. The lowest BCUT2D eigenvalue weighted by Gasteiger charge is -2.13. The number of urea groups is 1. The molecule has 1 aromatic carbocycles. The summed E-state index contributed by atoms with van der Waals surface area (Å²) in [5.41, 5.74) is 0.408. The maximum atomic E-state index is 12.1. The number of carbonyl (C=O) groups is 1. The Morgan fingerprint density at radius 3 is 2.70 bits per heavy atom. The summed E-state index contributed by atoms with van der Waals surface area (Å²) in [6.45, 7) is 2.26. The van der Waals surface area contributed by atoms with E-state index in [-0.39, 0.29) is 4.90 Å². The van der Waals surface area contributed by atoms with Crippen LogP contribution >= 0.6 is 11.3 Å². The van der Waals surface area contributed by atoms with Gasteiger partial charge in [-0.2, -0.15) is 0 Å². The van der Waals surface area contributed by atoms with E-state index >= 15 is 0 Å². The molecule has 0 aliphatic rings. The van der Waals surface area contributed by atoms with Crippen LogP contribution in [-0.4, -0.2) is 37.8 Å². The number of benzene rings is 1. The molecular formula is C14H18N4O3S2. The molecule has 0 atom stereocenters. The molecule has 2 N–H and O–H groups in total. The number of anilines is 1. The molecule has 0 saturated carbocycles. The Bertz CT molecular complexity index is 800. The SMILES string of the molecule is Cc1ncc(CNC(=O)Nc2cccc(S(=O)(=O)N(C)C)c2)s1. The molecule has 0 spiro atoms. The molecule has 0 radical (unpaired) electrons. The highest BCUT2D eigenvalue weighted by Gasteiger charge is 2.17. The summed E-state index contributed by atoms with van der Waals surface area (Å²) >= 11 is 1.51. The zero-order valence-corrected chi connectivity index (χ0v) is 14.7. The molecule has 0 bridgehead atoms. The Hall–Kier alpha value is -1.97. The lowest BCUT2D eigenvalue weighted by Crippen LogP contribution is -2.28. The predicted octanol–water partition coefficient (Wildman–Crippen LogP) is 2.02. The quantitative estimate of drug-likeness (QED) is 0.859. The lowest BCUT2D eigenvalue weighted by molar-refractivity contribution is 0.252. The summed E-state index contributed by atoms with van der Waals surface area (Å²) in [4.78, 5) is 17.1. The lowest BCUT2D eigenvalue weighted by atomic mass is 10.3. The molecule has 7 nitrogen and oxygen atoms in total. The smallest absolute Gasteiger partial charge is 0.319 e. The van der Waals surface area contributed by atoms with Crippen LogP contribution in [0.4, 0.5) is 10.5 Å². The molecule has 1 heterocycles. The third kappa shape index (κ3) is 4.50. The number of nitrogens with one attached hydrogen (secondary N) is 2. The molecule has 0 saturated heterocycles. The molecule has 0 unspecified atom stereocenters. The fourth-order valence-electron chi connectivity index (χ4n) is 1.77. The van der Waals surface area contributed by atoms with E-state index in [1.165, 1.54) is 37.6 Å². The number of sulfonamides is 1. The van der Waals surface area contributed by atoms with Crippen molar-refractivity contribution < 1.29 is 13.2 Å². The highest BCUT2D eigenvalue weighted by Crippen LogP contribution is 2.18. The van der Waals surface area contributed by atoms with Crippen molar-refractivity contribution in [3.8, 4) is 0 Å². The summed E-state index contributed by atoms with van der Waals surface area (Å²) in [5, 5.41) is 6.26. The van der Waals surface area contributed by atoms with Gasteiger partial charge in [0.05, 0.1) is 16.4 Å². The van der Waals surface area contributed by atoms with Crippen LogP contribution in [0.2, 0.25) is 0 Å². The van der Waals surface area contributed by atoms with Gasteiger partial charge in [-0.15, -0.1) is 11.3 Å². The summed E-state index contributed by atoms with van der Waals surface area (Å²) in [7, 11) is -0.618. The summed E-state index contributed by atoms with van der Waals surface area (Å²) in [6, 6.07) is 5.71. The molecule has 0 aliphatic carbocycles.